The molecule has 3 heteroatoms. The Morgan fingerprint density at radius 3 is 2.29 bits per heavy atom. The summed E-state index contributed by atoms with van der Waals surface area (Å²) in [4.78, 5) is 11.9. The van der Waals surface area contributed by atoms with Crippen LogP contribution in [0.1, 0.15) is 17.5 Å². The van der Waals surface area contributed by atoms with Crippen LogP contribution < -0.4 is 0 Å². The van der Waals surface area contributed by atoms with E-state index in [9.17, 15) is 14.3 Å². The number of terminal acetylenes is 1. The summed E-state index contributed by atoms with van der Waals surface area (Å²) >= 11 is 0. The molecule has 21 heavy (non-hydrogen) atoms. The number of aliphatic carboxylic acids is 1. The van der Waals surface area contributed by atoms with Gasteiger partial charge >= 0.3 is 5.97 Å². The average molecular weight is 282 g/mol. The largest absolute Gasteiger partial charge is 0.481 e. The van der Waals surface area contributed by atoms with Crippen LogP contribution in [0.3, 0.4) is 0 Å². The van der Waals surface area contributed by atoms with E-state index < -0.39 is 17.2 Å². The Kier molecular flexibility index (Phi) is 4.39. The number of carbonyl (C=O) groups is 1. The molecule has 2 aromatic rings. The first kappa shape index (κ1) is 14.8. The molecule has 106 valence electrons. The third-order valence-electron chi connectivity index (χ3n) is 3.56. The highest BCUT2D eigenvalue weighted by Crippen LogP contribution is 2.32. The monoisotopic (exact) mass is 282 g/mol. The summed E-state index contributed by atoms with van der Waals surface area (Å²) in [5, 5.41) is 9.75. The molecule has 0 spiro atoms. The lowest BCUT2D eigenvalue weighted by molar-refractivity contribution is -0.143. The molecule has 1 N–H and O–H groups in total. The van der Waals surface area contributed by atoms with Crippen molar-refractivity contribution >= 4 is 5.97 Å². The van der Waals surface area contributed by atoms with Crippen molar-refractivity contribution in [2.45, 2.75) is 18.3 Å². The van der Waals surface area contributed by atoms with Crippen molar-refractivity contribution in [2.24, 2.45) is 0 Å². The van der Waals surface area contributed by atoms with Gasteiger partial charge in [-0.15, -0.1) is 12.3 Å². The predicted molar refractivity (Wildman–Crippen MR) is 79.3 cm³/mol. The molecule has 2 nitrogen and oxygen atoms in total. The fraction of sp³-hybridized carbons (Fsp3) is 0.167. The summed E-state index contributed by atoms with van der Waals surface area (Å²) in [6.45, 7) is 0. The molecule has 2 rings (SSSR count). The quantitative estimate of drug-likeness (QED) is 0.853. The SMILES string of the molecule is C#CC[C@](Cc1ccccc1)(C(=O)O)c1ccc(F)cc1. The van der Waals surface area contributed by atoms with Crippen LogP contribution in [0, 0.1) is 18.2 Å². The molecule has 0 fully saturated rings. The molecule has 0 radical (unpaired) electrons. The Hall–Kier alpha value is -2.60. The van der Waals surface area contributed by atoms with Gasteiger partial charge in [-0.1, -0.05) is 42.5 Å². The molecular weight excluding hydrogens is 267 g/mol. The van der Waals surface area contributed by atoms with Gasteiger partial charge in [0.15, 0.2) is 0 Å². The van der Waals surface area contributed by atoms with E-state index in [4.69, 9.17) is 6.42 Å². The van der Waals surface area contributed by atoms with Crippen LogP contribution in [-0.4, -0.2) is 11.1 Å². The number of carboxylic acid groups (broad SMARTS) is 1. The molecule has 0 aliphatic heterocycles. The second kappa shape index (κ2) is 6.23. The van der Waals surface area contributed by atoms with Crippen LogP contribution in [0.4, 0.5) is 4.39 Å². The van der Waals surface area contributed by atoms with E-state index in [0.29, 0.717) is 5.56 Å². The Labute approximate surface area is 123 Å². The fourth-order valence-electron chi connectivity index (χ4n) is 2.43. The van der Waals surface area contributed by atoms with Gasteiger partial charge < -0.3 is 5.11 Å². The first-order valence-corrected chi connectivity index (χ1v) is 6.55. The molecule has 0 aliphatic carbocycles. The van der Waals surface area contributed by atoms with E-state index in [2.05, 4.69) is 5.92 Å². The van der Waals surface area contributed by atoms with Gasteiger partial charge in [-0.05, 0) is 29.7 Å². The maximum atomic E-state index is 13.1. The van der Waals surface area contributed by atoms with Gasteiger partial charge in [-0.3, -0.25) is 4.79 Å². The summed E-state index contributed by atoms with van der Waals surface area (Å²) in [6.07, 6.45) is 5.69. The second-order valence-corrected chi connectivity index (χ2v) is 4.94. The Bertz CT molecular complexity index is 656. The second-order valence-electron chi connectivity index (χ2n) is 4.94. The molecule has 0 heterocycles. The van der Waals surface area contributed by atoms with Crippen LogP contribution in [0.5, 0.6) is 0 Å². The molecular formula is C18H15FO2. The number of rotatable bonds is 5. The average Bonchev–Trinajstić information content (AvgIpc) is 2.48. The topological polar surface area (TPSA) is 37.3 Å². The van der Waals surface area contributed by atoms with E-state index >= 15 is 0 Å². The molecule has 0 aliphatic rings. The van der Waals surface area contributed by atoms with Gasteiger partial charge in [0.1, 0.15) is 11.2 Å². The number of carboxylic acids is 1. The number of halogens is 1. The third-order valence-corrected chi connectivity index (χ3v) is 3.56. The molecule has 0 saturated heterocycles. The van der Waals surface area contributed by atoms with Crippen LogP contribution in [0.2, 0.25) is 0 Å². The summed E-state index contributed by atoms with van der Waals surface area (Å²) in [7, 11) is 0. The van der Waals surface area contributed by atoms with E-state index in [-0.39, 0.29) is 12.8 Å². The minimum absolute atomic E-state index is 0.0445. The van der Waals surface area contributed by atoms with Crippen molar-refractivity contribution < 1.29 is 14.3 Å². The molecule has 0 saturated carbocycles. The zero-order valence-corrected chi connectivity index (χ0v) is 11.4. The number of hydrogen-bond donors (Lipinski definition) is 1. The maximum absolute atomic E-state index is 13.1. The van der Waals surface area contributed by atoms with Crippen molar-refractivity contribution in [3.63, 3.8) is 0 Å². The first-order chi connectivity index (χ1) is 10.1. The Balaban J connectivity index is 2.50. The number of hydrogen-bond acceptors (Lipinski definition) is 1. The highest BCUT2D eigenvalue weighted by atomic mass is 19.1. The van der Waals surface area contributed by atoms with Crippen LogP contribution in [-0.2, 0) is 16.6 Å². The van der Waals surface area contributed by atoms with Crippen molar-refractivity contribution in [3.05, 3.63) is 71.5 Å². The minimum atomic E-state index is -1.25. The standard InChI is InChI=1S/C18H15FO2/c1-2-12-18(17(20)21,13-14-6-4-3-5-7-14)15-8-10-16(19)11-9-15/h1,3-11H,12-13H2,(H,20,21)/t18-/m1/s1. The van der Waals surface area contributed by atoms with Crippen molar-refractivity contribution in [2.75, 3.05) is 0 Å². The number of benzene rings is 2. The lowest BCUT2D eigenvalue weighted by atomic mass is 9.73. The Morgan fingerprint density at radius 1 is 1.14 bits per heavy atom. The zero-order valence-electron chi connectivity index (χ0n) is 11.4. The van der Waals surface area contributed by atoms with Crippen molar-refractivity contribution in [3.8, 4) is 12.3 Å². The van der Waals surface area contributed by atoms with E-state index in [1.165, 1.54) is 24.3 Å². The van der Waals surface area contributed by atoms with Gasteiger partial charge in [0.2, 0.25) is 0 Å². The highest BCUT2D eigenvalue weighted by Gasteiger charge is 2.39. The molecule has 0 bridgehead atoms. The molecule has 1 atom stereocenters. The van der Waals surface area contributed by atoms with E-state index in [1.807, 2.05) is 30.3 Å². The molecule has 2 aromatic carbocycles. The van der Waals surface area contributed by atoms with Gasteiger partial charge in [-0.25, -0.2) is 4.39 Å². The minimum Gasteiger partial charge on any atom is -0.481 e. The van der Waals surface area contributed by atoms with Gasteiger partial charge in [0.05, 0.1) is 0 Å². The van der Waals surface area contributed by atoms with E-state index in [1.54, 1.807) is 0 Å². The van der Waals surface area contributed by atoms with Crippen LogP contribution in [0.25, 0.3) is 0 Å². The normalized spacial score (nSPS) is 13.1. The fourth-order valence-corrected chi connectivity index (χ4v) is 2.43. The highest BCUT2D eigenvalue weighted by molar-refractivity contribution is 5.82. The van der Waals surface area contributed by atoms with Gasteiger partial charge in [-0.2, -0.15) is 0 Å². The first-order valence-electron chi connectivity index (χ1n) is 6.55. The van der Waals surface area contributed by atoms with Crippen molar-refractivity contribution in [1.29, 1.82) is 0 Å². The van der Waals surface area contributed by atoms with Crippen molar-refractivity contribution in [1.82, 2.24) is 0 Å². The summed E-state index contributed by atoms with van der Waals surface area (Å²) < 4.78 is 13.1. The lowest BCUT2D eigenvalue weighted by Gasteiger charge is -2.28. The van der Waals surface area contributed by atoms with Crippen LogP contribution in [0.15, 0.2) is 54.6 Å². The summed E-state index contributed by atoms with van der Waals surface area (Å²) in [6, 6.07) is 14.8. The predicted octanol–water partition coefficient (Wildman–Crippen LogP) is 3.41. The molecule has 0 aromatic heterocycles. The third kappa shape index (κ3) is 3.11. The smallest absolute Gasteiger partial charge is 0.315 e. The van der Waals surface area contributed by atoms with E-state index in [0.717, 1.165) is 5.56 Å². The lowest BCUT2D eigenvalue weighted by Crippen LogP contribution is -2.38. The summed E-state index contributed by atoms with van der Waals surface area (Å²) in [5.74, 6) is 1.04. The summed E-state index contributed by atoms with van der Waals surface area (Å²) in [5.41, 5.74) is 0.141. The maximum Gasteiger partial charge on any atom is 0.315 e. The molecule has 0 amide bonds. The van der Waals surface area contributed by atoms with Gasteiger partial charge in [0, 0.05) is 6.42 Å². The van der Waals surface area contributed by atoms with Crippen LogP contribution >= 0.6 is 0 Å². The zero-order chi connectivity index (χ0) is 15.3. The molecule has 0 unspecified atom stereocenters. The Morgan fingerprint density at radius 2 is 1.76 bits per heavy atom. The van der Waals surface area contributed by atoms with Gasteiger partial charge in [0.25, 0.3) is 0 Å².